The van der Waals surface area contributed by atoms with Gasteiger partial charge in [0.2, 0.25) is 5.91 Å². The van der Waals surface area contributed by atoms with E-state index in [0.717, 1.165) is 11.1 Å². The zero-order valence-corrected chi connectivity index (χ0v) is 19.3. The number of nitrogens with zero attached hydrogens (tertiary/aromatic N) is 1. The van der Waals surface area contributed by atoms with Gasteiger partial charge in [0.25, 0.3) is 0 Å². The summed E-state index contributed by atoms with van der Waals surface area (Å²) >= 11 is 0. The Hall–Kier alpha value is -2.74. The van der Waals surface area contributed by atoms with Gasteiger partial charge in [-0.1, -0.05) is 60.7 Å². The van der Waals surface area contributed by atoms with Gasteiger partial charge in [-0.05, 0) is 29.9 Å². The molecule has 0 bridgehead atoms. The number of hydrogen-bond donors (Lipinski definition) is 0. The lowest BCUT2D eigenvalue weighted by Gasteiger charge is -2.41. The third kappa shape index (κ3) is 5.02. The Morgan fingerprint density at radius 3 is 2.38 bits per heavy atom. The van der Waals surface area contributed by atoms with Crippen LogP contribution in [0.4, 0.5) is 4.79 Å². The minimum Gasteiger partial charge on any atom is -0.447 e. The lowest BCUT2D eigenvalue weighted by Crippen LogP contribution is -2.50. The van der Waals surface area contributed by atoms with Crippen LogP contribution in [0.15, 0.2) is 60.7 Å². The van der Waals surface area contributed by atoms with E-state index in [1.54, 1.807) is 0 Å². The summed E-state index contributed by atoms with van der Waals surface area (Å²) in [4.78, 5) is 27.7. The molecule has 2 aliphatic heterocycles. The van der Waals surface area contributed by atoms with Crippen molar-refractivity contribution in [2.75, 3.05) is 26.4 Å². The Labute approximate surface area is 199 Å². The lowest BCUT2D eigenvalue weighted by molar-refractivity contribution is -0.201. The second kappa shape index (κ2) is 10.3. The number of hydrogen-bond acceptors (Lipinski definition) is 6. The molecular weight excluding hydrogens is 434 g/mol. The largest absolute Gasteiger partial charge is 0.447 e. The second-order valence-corrected chi connectivity index (χ2v) is 9.35. The van der Waals surface area contributed by atoms with Crippen molar-refractivity contribution in [1.29, 1.82) is 0 Å². The van der Waals surface area contributed by atoms with E-state index in [4.69, 9.17) is 18.9 Å². The highest BCUT2D eigenvalue weighted by molar-refractivity contribution is 5.95. The molecule has 1 saturated carbocycles. The van der Waals surface area contributed by atoms with Gasteiger partial charge in [-0.25, -0.2) is 9.69 Å². The van der Waals surface area contributed by atoms with Crippen LogP contribution in [0.2, 0.25) is 0 Å². The van der Waals surface area contributed by atoms with Gasteiger partial charge in [0.1, 0.15) is 6.61 Å². The van der Waals surface area contributed by atoms with Gasteiger partial charge in [0, 0.05) is 18.8 Å². The number of rotatable bonds is 7. The molecule has 1 aliphatic carbocycles. The van der Waals surface area contributed by atoms with Crippen molar-refractivity contribution in [2.24, 2.45) is 11.8 Å². The van der Waals surface area contributed by atoms with Gasteiger partial charge in [0.15, 0.2) is 5.79 Å². The zero-order chi connectivity index (χ0) is 23.4. The summed E-state index contributed by atoms with van der Waals surface area (Å²) in [5.74, 6) is -1.29. The summed E-state index contributed by atoms with van der Waals surface area (Å²) in [5.41, 5.74) is 2.15. The van der Waals surface area contributed by atoms with Crippen molar-refractivity contribution >= 4 is 12.0 Å². The standard InChI is InChI=1S/C27H31NO6/c29-25(28-23(19-32-26(28)30)15-20-7-3-1-4-8-20)24-11-12-27(33-13-14-34-27)16-22(24)18-31-17-21-9-5-2-6-10-21/h1-10,22-24H,11-19H2/t22-,23+,24+/m0/s1. The third-order valence-electron chi connectivity index (χ3n) is 7.07. The van der Waals surface area contributed by atoms with Crippen molar-refractivity contribution in [3.8, 4) is 0 Å². The average Bonchev–Trinajstić information content (AvgIpc) is 3.46. The predicted octanol–water partition coefficient (Wildman–Crippen LogP) is 3.95. The Morgan fingerprint density at radius 1 is 1.00 bits per heavy atom. The van der Waals surface area contributed by atoms with Crippen molar-refractivity contribution in [3.05, 3.63) is 71.8 Å². The molecule has 1 spiro atoms. The van der Waals surface area contributed by atoms with E-state index in [1.807, 2.05) is 60.7 Å². The topological polar surface area (TPSA) is 74.3 Å². The number of cyclic esters (lactones) is 1. The number of amides is 2. The molecular formula is C27H31NO6. The molecule has 7 heteroatoms. The third-order valence-corrected chi connectivity index (χ3v) is 7.07. The maximum atomic E-state index is 13.7. The normalized spacial score (nSPS) is 26.1. The predicted molar refractivity (Wildman–Crippen MR) is 124 cm³/mol. The Bertz CT molecular complexity index is 975. The summed E-state index contributed by atoms with van der Waals surface area (Å²) in [6.45, 7) is 2.21. The molecule has 2 saturated heterocycles. The van der Waals surface area contributed by atoms with E-state index in [-0.39, 0.29) is 30.4 Å². The number of carbonyl (C=O) groups is 2. The molecule has 2 heterocycles. The highest BCUT2D eigenvalue weighted by Crippen LogP contribution is 2.43. The van der Waals surface area contributed by atoms with E-state index in [9.17, 15) is 9.59 Å². The maximum Gasteiger partial charge on any atom is 0.416 e. The molecule has 180 valence electrons. The minimum absolute atomic E-state index is 0.117. The molecule has 5 rings (SSSR count). The summed E-state index contributed by atoms with van der Waals surface area (Å²) in [5, 5.41) is 0. The van der Waals surface area contributed by atoms with E-state index >= 15 is 0 Å². The molecule has 0 radical (unpaired) electrons. The van der Waals surface area contributed by atoms with Crippen molar-refractivity contribution < 1.29 is 28.5 Å². The van der Waals surface area contributed by atoms with Gasteiger partial charge in [0.05, 0.1) is 32.5 Å². The fourth-order valence-electron chi connectivity index (χ4n) is 5.36. The summed E-state index contributed by atoms with van der Waals surface area (Å²) in [6.07, 6.45) is 1.81. The van der Waals surface area contributed by atoms with E-state index in [1.165, 1.54) is 4.90 Å². The van der Waals surface area contributed by atoms with Crippen LogP contribution >= 0.6 is 0 Å². The summed E-state index contributed by atoms with van der Waals surface area (Å²) in [6, 6.07) is 19.5. The smallest absolute Gasteiger partial charge is 0.416 e. The highest BCUT2D eigenvalue weighted by atomic mass is 16.7. The van der Waals surface area contributed by atoms with Crippen molar-refractivity contribution in [1.82, 2.24) is 4.90 Å². The molecule has 0 unspecified atom stereocenters. The molecule has 2 amide bonds. The molecule has 0 aromatic heterocycles. The van der Waals surface area contributed by atoms with Crippen LogP contribution in [-0.4, -0.2) is 55.2 Å². The number of carbonyl (C=O) groups excluding carboxylic acids is 2. The molecule has 3 atom stereocenters. The van der Waals surface area contributed by atoms with Crippen molar-refractivity contribution in [2.45, 2.75) is 44.1 Å². The Kier molecular flexibility index (Phi) is 6.94. The molecule has 3 fully saturated rings. The first-order valence-electron chi connectivity index (χ1n) is 12.1. The number of imide groups is 1. The lowest BCUT2D eigenvalue weighted by atomic mass is 9.75. The molecule has 3 aliphatic rings. The first kappa shape index (κ1) is 23.0. The van der Waals surface area contributed by atoms with Crippen LogP contribution in [0, 0.1) is 11.8 Å². The molecule has 0 N–H and O–H groups in total. The first-order chi connectivity index (χ1) is 16.6. The van der Waals surface area contributed by atoms with Crippen LogP contribution in [-0.2, 0) is 36.8 Å². The first-order valence-corrected chi connectivity index (χ1v) is 12.1. The fraction of sp³-hybridized carbons (Fsp3) is 0.481. The van der Waals surface area contributed by atoms with Crippen molar-refractivity contribution in [3.63, 3.8) is 0 Å². The number of ether oxygens (including phenoxy) is 4. The van der Waals surface area contributed by atoms with Crippen LogP contribution in [0.25, 0.3) is 0 Å². The molecule has 2 aromatic carbocycles. The molecule has 2 aromatic rings. The van der Waals surface area contributed by atoms with Gasteiger partial charge in [-0.15, -0.1) is 0 Å². The Balaban J connectivity index is 1.30. The molecule has 7 nitrogen and oxygen atoms in total. The highest BCUT2D eigenvalue weighted by Gasteiger charge is 2.50. The van der Waals surface area contributed by atoms with Crippen LogP contribution in [0.3, 0.4) is 0 Å². The molecule has 34 heavy (non-hydrogen) atoms. The van der Waals surface area contributed by atoms with Gasteiger partial charge < -0.3 is 18.9 Å². The van der Waals surface area contributed by atoms with Crippen LogP contribution < -0.4 is 0 Å². The SMILES string of the molecule is O=C1OC[C@@H](Cc2ccccc2)N1C(=O)[C@@H]1CCC2(C[C@H]1COCc1ccccc1)OCCO2. The van der Waals surface area contributed by atoms with E-state index in [0.29, 0.717) is 52.1 Å². The van der Waals surface area contributed by atoms with E-state index in [2.05, 4.69) is 0 Å². The second-order valence-electron chi connectivity index (χ2n) is 9.35. The summed E-state index contributed by atoms with van der Waals surface area (Å²) in [7, 11) is 0. The fourth-order valence-corrected chi connectivity index (χ4v) is 5.36. The van der Waals surface area contributed by atoms with Gasteiger partial charge in [-0.2, -0.15) is 0 Å². The average molecular weight is 466 g/mol. The quantitative estimate of drug-likeness (QED) is 0.617. The monoisotopic (exact) mass is 465 g/mol. The minimum atomic E-state index is -0.646. The number of benzene rings is 2. The van der Waals surface area contributed by atoms with Gasteiger partial charge >= 0.3 is 6.09 Å². The van der Waals surface area contributed by atoms with E-state index < -0.39 is 11.9 Å². The maximum absolute atomic E-state index is 13.7. The van der Waals surface area contributed by atoms with Crippen LogP contribution in [0.1, 0.15) is 30.4 Å². The van der Waals surface area contributed by atoms with Gasteiger partial charge in [-0.3, -0.25) is 4.79 Å². The zero-order valence-electron chi connectivity index (χ0n) is 19.3. The van der Waals surface area contributed by atoms with Crippen LogP contribution in [0.5, 0.6) is 0 Å². The summed E-state index contributed by atoms with van der Waals surface area (Å²) < 4.78 is 23.3. The Morgan fingerprint density at radius 2 is 1.68 bits per heavy atom.